The van der Waals surface area contributed by atoms with Crippen molar-refractivity contribution < 1.29 is 19.1 Å². The molecule has 3 heterocycles. The van der Waals surface area contributed by atoms with E-state index < -0.39 is 5.97 Å². The van der Waals surface area contributed by atoms with Gasteiger partial charge in [0.05, 0.1) is 11.9 Å². The molecule has 1 amide bonds. The summed E-state index contributed by atoms with van der Waals surface area (Å²) < 4.78 is 7.24. The highest BCUT2D eigenvalue weighted by Crippen LogP contribution is 2.33. The van der Waals surface area contributed by atoms with Crippen molar-refractivity contribution in [3.8, 4) is 17.3 Å². The Hall–Kier alpha value is -4.01. The number of carbonyl (C=O) groups excluding carboxylic acids is 1. The summed E-state index contributed by atoms with van der Waals surface area (Å²) >= 11 is 0. The highest BCUT2D eigenvalue weighted by atomic mass is 16.4. The Morgan fingerprint density at radius 3 is 2.50 bits per heavy atom. The third kappa shape index (κ3) is 4.48. The standard InChI is InChI=1S/C27H29N5O4/c1-16(2)32(26(33)18-10-8-17(3)9-11-18)24-20(27(34)35)15-31(30-24)19-12-13-22(28-14-19)25-29-21-6-4-5-7-23(21)36-25/h4-7,12-18H,8-11H2,1-3H3,(H,34,35). The summed E-state index contributed by atoms with van der Waals surface area (Å²) in [6.07, 6.45) is 6.64. The topological polar surface area (TPSA) is 114 Å². The number of rotatable bonds is 6. The van der Waals surface area contributed by atoms with Crippen LogP contribution in [0.4, 0.5) is 5.82 Å². The molecular weight excluding hydrogens is 458 g/mol. The smallest absolute Gasteiger partial charge is 0.341 e. The molecule has 3 aromatic heterocycles. The molecule has 1 fully saturated rings. The fourth-order valence-electron chi connectivity index (χ4n) is 4.76. The first-order chi connectivity index (χ1) is 17.3. The molecule has 1 aliphatic carbocycles. The first-order valence-electron chi connectivity index (χ1n) is 12.3. The van der Waals surface area contributed by atoms with E-state index in [1.807, 2.05) is 38.1 Å². The van der Waals surface area contributed by atoms with Gasteiger partial charge >= 0.3 is 5.97 Å². The van der Waals surface area contributed by atoms with Crippen LogP contribution in [-0.4, -0.2) is 42.8 Å². The number of aromatic carboxylic acids is 1. The van der Waals surface area contributed by atoms with Crippen LogP contribution in [0.2, 0.25) is 0 Å². The molecule has 0 atom stereocenters. The SMILES string of the molecule is CC1CCC(C(=O)N(c2nn(-c3ccc(-c4nc5ccccc5o4)nc3)cc2C(=O)O)C(C)C)CC1. The molecule has 1 N–H and O–H groups in total. The second kappa shape index (κ2) is 9.56. The zero-order valence-corrected chi connectivity index (χ0v) is 20.6. The Morgan fingerprint density at radius 1 is 1.11 bits per heavy atom. The maximum absolute atomic E-state index is 13.5. The van der Waals surface area contributed by atoms with E-state index in [2.05, 4.69) is 22.0 Å². The maximum atomic E-state index is 13.5. The van der Waals surface area contributed by atoms with Gasteiger partial charge in [-0.25, -0.2) is 19.4 Å². The summed E-state index contributed by atoms with van der Waals surface area (Å²) in [6, 6.07) is 10.8. The molecule has 1 aromatic carbocycles. The van der Waals surface area contributed by atoms with E-state index in [0.29, 0.717) is 28.8 Å². The number of carbonyl (C=O) groups is 2. The van der Waals surface area contributed by atoms with Crippen molar-refractivity contribution in [3.63, 3.8) is 0 Å². The van der Waals surface area contributed by atoms with E-state index in [9.17, 15) is 14.7 Å². The zero-order valence-electron chi connectivity index (χ0n) is 20.6. The van der Waals surface area contributed by atoms with Crippen molar-refractivity contribution >= 4 is 28.8 Å². The van der Waals surface area contributed by atoms with Crippen molar-refractivity contribution in [2.24, 2.45) is 11.8 Å². The van der Waals surface area contributed by atoms with Crippen molar-refractivity contribution in [2.75, 3.05) is 4.90 Å². The molecule has 0 bridgehead atoms. The predicted octanol–water partition coefficient (Wildman–Crippen LogP) is 5.34. The van der Waals surface area contributed by atoms with Gasteiger partial charge in [0.1, 0.15) is 16.8 Å². The van der Waals surface area contributed by atoms with Crippen LogP contribution < -0.4 is 4.90 Å². The number of fused-ring (bicyclic) bond motifs is 1. The van der Waals surface area contributed by atoms with Gasteiger partial charge < -0.3 is 9.52 Å². The lowest BCUT2D eigenvalue weighted by Crippen LogP contribution is -2.43. The molecule has 1 aliphatic rings. The van der Waals surface area contributed by atoms with Crippen LogP contribution in [-0.2, 0) is 4.79 Å². The van der Waals surface area contributed by atoms with Gasteiger partial charge in [0.15, 0.2) is 11.4 Å². The number of hydrogen-bond acceptors (Lipinski definition) is 6. The Bertz CT molecular complexity index is 1360. The quantitative estimate of drug-likeness (QED) is 0.390. The number of nitrogens with zero attached hydrogens (tertiary/aromatic N) is 5. The predicted molar refractivity (Wildman–Crippen MR) is 135 cm³/mol. The van der Waals surface area contributed by atoms with Crippen LogP contribution in [0.3, 0.4) is 0 Å². The molecule has 36 heavy (non-hydrogen) atoms. The van der Waals surface area contributed by atoms with E-state index in [1.54, 1.807) is 23.2 Å². The minimum absolute atomic E-state index is 0.0238. The van der Waals surface area contributed by atoms with Crippen molar-refractivity contribution in [3.05, 3.63) is 54.4 Å². The molecular formula is C27H29N5O4. The monoisotopic (exact) mass is 487 g/mol. The molecule has 0 spiro atoms. The first-order valence-corrected chi connectivity index (χ1v) is 12.3. The third-order valence-corrected chi connectivity index (χ3v) is 6.80. The van der Waals surface area contributed by atoms with Crippen LogP contribution in [0, 0.1) is 11.8 Å². The van der Waals surface area contributed by atoms with Crippen LogP contribution in [0.1, 0.15) is 56.8 Å². The van der Waals surface area contributed by atoms with E-state index in [-0.39, 0.29) is 29.2 Å². The number of oxazole rings is 1. The number of anilines is 1. The van der Waals surface area contributed by atoms with Gasteiger partial charge in [-0.2, -0.15) is 0 Å². The van der Waals surface area contributed by atoms with Crippen LogP contribution in [0.25, 0.3) is 28.4 Å². The van der Waals surface area contributed by atoms with Crippen molar-refractivity contribution in [1.82, 2.24) is 19.7 Å². The number of aromatic nitrogens is 4. The van der Waals surface area contributed by atoms with Gasteiger partial charge in [-0.3, -0.25) is 9.69 Å². The van der Waals surface area contributed by atoms with Gasteiger partial charge in [-0.15, -0.1) is 5.10 Å². The van der Waals surface area contributed by atoms with Crippen LogP contribution in [0.15, 0.2) is 53.2 Å². The Labute approximate surface area is 208 Å². The lowest BCUT2D eigenvalue weighted by molar-refractivity contribution is -0.124. The lowest BCUT2D eigenvalue weighted by atomic mass is 9.82. The minimum atomic E-state index is -1.14. The fourth-order valence-corrected chi connectivity index (χ4v) is 4.76. The van der Waals surface area contributed by atoms with Crippen LogP contribution >= 0.6 is 0 Å². The highest BCUT2D eigenvalue weighted by Gasteiger charge is 2.34. The molecule has 9 heteroatoms. The summed E-state index contributed by atoms with van der Waals surface area (Å²) in [7, 11) is 0. The van der Waals surface area contributed by atoms with Gasteiger partial charge in [0.2, 0.25) is 11.8 Å². The second-order valence-electron chi connectivity index (χ2n) is 9.76. The normalized spacial score (nSPS) is 18.0. The van der Waals surface area contributed by atoms with E-state index in [0.717, 1.165) is 31.2 Å². The van der Waals surface area contributed by atoms with E-state index in [1.165, 1.54) is 10.9 Å². The molecule has 4 aromatic rings. The largest absolute Gasteiger partial charge is 0.477 e. The average Bonchev–Trinajstić information content (AvgIpc) is 3.49. The second-order valence-corrected chi connectivity index (χ2v) is 9.76. The maximum Gasteiger partial charge on any atom is 0.341 e. The van der Waals surface area contributed by atoms with Crippen molar-refractivity contribution in [1.29, 1.82) is 0 Å². The van der Waals surface area contributed by atoms with Gasteiger partial charge in [0, 0.05) is 18.2 Å². The minimum Gasteiger partial charge on any atom is -0.477 e. The Kier molecular flexibility index (Phi) is 6.30. The molecule has 1 saturated carbocycles. The summed E-state index contributed by atoms with van der Waals surface area (Å²) in [4.78, 5) is 36.1. The first kappa shape index (κ1) is 23.7. The number of carboxylic acids is 1. The average molecular weight is 488 g/mol. The molecule has 9 nitrogen and oxygen atoms in total. The molecule has 5 rings (SSSR count). The fraction of sp³-hybridized carbons (Fsp3) is 0.370. The van der Waals surface area contributed by atoms with Gasteiger partial charge in [-0.05, 0) is 69.7 Å². The van der Waals surface area contributed by atoms with Gasteiger partial charge in [0.25, 0.3) is 0 Å². The number of pyridine rings is 1. The Morgan fingerprint density at radius 2 is 1.86 bits per heavy atom. The summed E-state index contributed by atoms with van der Waals surface area (Å²) in [5.41, 5.74) is 2.50. The molecule has 186 valence electrons. The number of amides is 1. The number of benzene rings is 1. The number of hydrogen-bond donors (Lipinski definition) is 1. The number of carboxylic acid groups (broad SMARTS) is 1. The molecule has 0 radical (unpaired) electrons. The molecule has 0 aliphatic heterocycles. The third-order valence-electron chi connectivity index (χ3n) is 6.80. The highest BCUT2D eigenvalue weighted by molar-refractivity contribution is 6.01. The van der Waals surface area contributed by atoms with Crippen LogP contribution in [0.5, 0.6) is 0 Å². The van der Waals surface area contributed by atoms with E-state index >= 15 is 0 Å². The summed E-state index contributed by atoms with van der Waals surface area (Å²) in [5.74, 6) is -0.150. The van der Waals surface area contributed by atoms with E-state index in [4.69, 9.17) is 4.42 Å². The zero-order chi connectivity index (χ0) is 25.4. The van der Waals surface area contributed by atoms with Gasteiger partial charge in [-0.1, -0.05) is 19.1 Å². The van der Waals surface area contributed by atoms with Crippen molar-refractivity contribution in [2.45, 2.75) is 52.5 Å². The Balaban J connectivity index is 1.46. The number of para-hydroxylation sites is 2. The lowest BCUT2D eigenvalue weighted by Gasteiger charge is -2.32. The summed E-state index contributed by atoms with van der Waals surface area (Å²) in [6.45, 7) is 5.96. The summed E-state index contributed by atoms with van der Waals surface area (Å²) in [5, 5.41) is 14.5. The molecule has 0 saturated heterocycles. The molecule has 0 unspecified atom stereocenters.